The first kappa shape index (κ1) is 76.8. The lowest BCUT2D eigenvalue weighted by atomic mass is 10.1. The van der Waals surface area contributed by atoms with Gasteiger partial charge in [-0.05, 0) is 135 Å². The van der Waals surface area contributed by atoms with E-state index in [2.05, 4.69) is 191 Å². The van der Waals surface area contributed by atoms with Crippen molar-refractivity contribution in [1.29, 1.82) is 0 Å². The minimum absolute atomic E-state index is 0.102. The molecule has 460 valence electrons. The van der Waals surface area contributed by atoms with Gasteiger partial charge in [-0.1, -0.05) is 287 Å². The molecule has 0 aromatic heterocycles. The zero-order chi connectivity index (χ0) is 59.2. The van der Waals surface area contributed by atoms with Gasteiger partial charge in [0.05, 0.1) is 0 Å². The van der Waals surface area contributed by atoms with Crippen LogP contribution < -0.4 is 0 Å². The molecule has 0 bridgehead atoms. The molecule has 82 heavy (non-hydrogen) atoms. The summed E-state index contributed by atoms with van der Waals surface area (Å²) in [7, 11) is 0. The molecule has 6 heteroatoms. The lowest BCUT2D eigenvalue weighted by Gasteiger charge is -2.18. The van der Waals surface area contributed by atoms with Crippen LogP contribution in [0.2, 0.25) is 0 Å². The number of allylic oxidation sites excluding steroid dienone is 28. The Morgan fingerprint density at radius 3 is 0.768 bits per heavy atom. The van der Waals surface area contributed by atoms with Crippen molar-refractivity contribution >= 4 is 17.9 Å². The van der Waals surface area contributed by atoms with Crippen LogP contribution in [0.4, 0.5) is 0 Å². The highest BCUT2D eigenvalue weighted by molar-refractivity contribution is 5.71. The van der Waals surface area contributed by atoms with Crippen LogP contribution in [0.1, 0.15) is 271 Å². The number of rotatable bonds is 58. The summed E-state index contributed by atoms with van der Waals surface area (Å²) in [5, 5.41) is 0. The van der Waals surface area contributed by atoms with E-state index in [1.165, 1.54) is 77.0 Å². The van der Waals surface area contributed by atoms with Crippen LogP contribution in [0.15, 0.2) is 170 Å². The van der Waals surface area contributed by atoms with Gasteiger partial charge >= 0.3 is 17.9 Å². The Balaban J connectivity index is 4.23. The third-order valence-corrected chi connectivity index (χ3v) is 13.5. The molecular formula is C76H120O6. The van der Waals surface area contributed by atoms with Gasteiger partial charge in [0, 0.05) is 19.3 Å². The van der Waals surface area contributed by atoms with Gasteiger partial charge in [0.15, 0.2) is 6.10 Å². The van der Waals surface area contributed by atoms with Crippen molar-refractivity contribution in [2.75, 3.05) is 13.2 Å². The number of hydrogen-bond donors (Lipinski definition) is 0. The summed E-state index contributed by atoms with van der Waals surface area (Å²) < 4.78 is 16.8. The molecule has 0 amide bonds. The monoisotopic (exact) mass is 1130 g/mol. The Kier molecular flexibility index (Phi) is 63.9. The van der Waals surface area contributed by atoms with Crippen LogP contribution in [0.5, 0.6) is 0 Å². The topological polar surface area (TPSA) is 78.9 Å². The van der Waals surface area contributed by atoms with Gasteiger partial charge in [-0.25, -0.2) is 0 Å². The zero-order valence-corrected chi connectivity index (χ0v) is 52.7. The van der Waals surface area contributed by atoms with Gasteiger partial charge in [-0.2, -0.15) is 0 Å². The molecule has 6 nitrogen and oxygen atoms in total. The van der Waals surface area contributed by atoms with Crippen molar-refractivity contribution in [2.24, 2.45) is 0 Å². The molecule has 0 spiro atoms. The quantitative estimate of drug-likeness (QED) is 0.0261. The summed E-state index contributed by atoms with van der Waals surface area (Å²) in [4.78, 5) is 38.1. The number of ether oxygens (including phenoxy) is 3. The van der Waals surface area contributed by atoms with Crippen molar-refractivity contribution in [1.82, 2.24) is 0 Å². The normalized spacial score (nSPS) is 13.3. The van der Waals surface area contributed by atoms with Gasteiger partial charge in [0.2, 0.25) is 0 Å². The van der Waals surface area contributed by atoms with Crippen molar-refractivity contribution in [2.45, 2.75) is 277 Å². The lowest BCUT2D eigenvalue weighted by Crippen LogP contribution is -2.30. The van der Waals surface area contributed by atoms with E-state index in [0.29, 0.717) is 19.3 Å². The molecule has 0 saturated heterocycles. The number of carbonyl (C=O) groups excluding carboxylic acids is 3. The van der Waals surface area contributed by atoms with Crippen molar-refractivity contribution in [3.63, 3.8) is 0 Å². The summed E-state index contributed by atoms with van der Waals surface area (Å²) in [5.41, 5.74) is 0. The molecule has 0 rings (SSSR count). The van der Waals surface area contributed by atoms with Crippen molar-refractivity contribution in [3.05, 3.63) is 170 Å². The molecule has 0 saturated carbocycles. The van der Waals surface area contributed by atoms with Crippen LogP contribution in [0.3, 0.4) is 0 Å². The van der Waals surface area contributed by atoms with Crippen LogP contribution in [0.25, 0.3) is 0 Å². The third-order valence-electron chi connectivity index (χ3n) is 13.5. The van der Waals surface area contributed by atoms with Crippen LogP contribution in [-0.4, -0.2) is 37.2 Å². The number of unbranched alkanes of at least 4 members (excludes halogenated alkanes) is 19. The van der Waals surface area contributed by atoms with Crippen LogP contribution in [0, 0.1) is 0 Å². The second-order valence-corrected chi connectivity index (χ2v) is 21.3. The number of carbonyl (C=O) groups is 3. The Morgan fingerprint density at radius 2 is 0.476 bits per heavy atom. The molecule has 1 unspecified atom stereocenters. The molecule has 0 heterocycles. The molecule has 0 N–H and O–H groups in total. The first-order valence-electron chi connectivity index (χ1n) is 33.1. The maximum atomic E-state index is 12.9. The molecule has 0 aliphatic heterocycles. The Morgan fingerprint density at radius 1 is 0.256 bits per heavy atom. The molecule has 0 aromatic rings. The Bertz CT molecular complexity index is 1870. The average molecular weight is 1130 g/mol. The number of esters is 3. The summed E-state index contributed by atoms with van der Waals surface area (Å²) in [6, 6.07) is 0. The van der Waals surface area contributed by atoms with E-state index >= 15 is 0 Å². The number of hydrogen-bond acceptors (Lipinski definition) is 6. The van der Waals surface area contributed by atoms with E-state index < -0.39 is 6.10 Å². The Labute approximate surface area is 504 Å². The highest BCUT2D eigenvalue weighted by Crippen LogP contribution is 2.15. The van der Waals surface area contributed by atoms with Gasteiger partial charge in [-0.3, -0.25) is 14.4 Å². The molecule has 0 aromatic carbocycles. The molecule has 0 radical (unpaired) electrons. The predicted octanol–water partition coefficient (Wildman–Crippen LogP) is 23.0. The minimum Gasteiger partial charge on any atom is -0.462 e. The van der Waals surface area contributed by atoms with Crippen LogP contribution in [-0.2, 0) is 28.6 Å². The molecule has 0 aliphatic carbocycles. The second kappa shape index (κ2) is 68.3. The molecular weight excluding hydrogens is 1010 g/mol. The van der Waals surface area contributed by atoms with E-state index in [-0.39, 0.29) is 37.5 Å². The SMILES string of the molecule is CC/C=C\C/C=C\C/C=C\C/C=C\C/C=C\C/C=C\C/C=C\C/C=C\CCCCCCCCCCCCC(=O)OCC(COC(=O)CCCCCCCCCC)OC(=O)CCCC/C=C\C/C=C\C/C=C\C/C=C\C/C=C\C/C=C\CC. The minimum atomic E-state index is -0.809. The zero-order valence-electron chi connectivity index (χ0n) is 52.7. The second-order valence-electron chi connectivity index (χ2n) is 21.3. The highest BCUT2D eigenvalue weighted by Gasteiger charge is 2.19. The lowest BCUT2D eigenvalue weighted by molar-refractivity contribution is -0.167. The Hall–Kier alpha value is -5.23. The average Bonchev–Trinajstić information content (AvgIpc) is 3.47. The maximum absolute atomic E-state index is 12.9. The van der Waals surface area contributed by atoms with Gasteiger partial charge in [0.25, 0.3) is 0 Å². The van der Waals surface area contributed by atoms with Crippen molar-refractivity contribution in [3.8, 4) is 0 Å². The van der Waals surface area contributed by atoms with Gasteiger partial charge in [-0.15, -0.1) is 0 Å². The van der Waals surface area contributed by atoms with E-state index in [1.807, 2.05) is 0 Å². The van der Waals surface area contributed by atoms with E-state index in [0.717, 1.165) is 148 Å². The molecule has 1 atom stereocenters. The highest BCUT2D eigenvalue weighted by atomic mass is 16.6. The first-order chi connectivity index (χ1) is 40.5. The third kappa shape index (κ3) is 65.6. The first-order valence-corrected chi connectivity index (χ1v) is 33.1. The standard InChI is InChI=1S/C76H120O6/c1-4-7-10-13-16-19-21-23-25-27-29-31-32-33-34-35-36-37-38-39-40-41-42-43-44-46-47-49-51-53-55-57-60-63-66-69-75(78)81-72-73(71-80-74(77)68-65-62-59-18-15-12-9-6-3)82-76(79)70-67-64-61-58-56-54-52-50-48-45-30-28-26-24-22-20-17-14-11-8-5-2/h7-8,10-11,16-17,19-20,23-26,29-31,33-34,36-37,39-40,42-43,45,50,52,56,58,73H,4-6,9,12-15,18,21-22,27-28,32,35,38,41,44,46-49,51,53-55,57,59-72H2,1-3H3/b10-7-,11-8-,19-16-,20-17-,25-23-,26-24-,31-29-,34-33-,37-36-,40-39-,43-42-,45-30-,52-50-,58-56-. The van der Waals surface area contributed by atoms with Crippen LogP contribution >= 0.6 is 0 Å². The summed E-state index contributed by atoms with van der Waals surface area (Å²) >= 11 is 0. The van der Waals surface area contributed by atoms with E-state index in [9.17, 15) is 14.4 Å². The van der Waals surface area contributed by atoms with E-state index in [1.54, 1.807) is 0 Å². The predicted molar refractivity (Wildman–Crippen MR) is 357 cm³/mol. The maximum Gasteiger partial charge on any atom is 0.306 e. The van der Waals surface area contributed by atoms with Gasteiger partial charge < -0.3 is 14.2 Å². The summed E-state index contributed by atoms with van der Waals surface area (Å²) in [6.07, 6.45) is 101. The molecule has 0 fully saturated rings. The van der Waals surface area contributed by atoms with Crippen molar-refractivity contribution < 1.29 is 28.6 Å². The largest absolute Gasteiger partial charge is 0.462 e. The van der Waals surface area contributed by atoms with E-state index in [4.69, 9.17) is 14.2 Å². The fraction of sp³-hybridized carbons (Fsp3) is 0.592. The summed E-state index contributed by atoms with van der Waals surface area (Å²) in [5.74, 6) is -0.958. The molecule has 0 aliphatic rings. The fourth-order valence-electron chi connectivity index (χ4n) is 8.58. The smallest absolute Gasteiger partial charge is 0.306 e. The fourth-order valence-corrected chi connectivity index (χ4v) is 8.58. The summed E-state index contributed by atoms with van der Waals surface area (Å²) in [6.45, 7) is 6.34. The van der Waals surface area contributed by atoms with Gasteiger partial charge in [0.1, 0.15) is 13.2 Å².